The van der Waals surface area contributed by atoms with E-state index in [0.29, 0.717) is 12.2 Å². The molecule has 3 rings (SSSR count). The first-order valence-electron chi connectivity index (χ1n) is 6.90. The lowest BCUT2D eigenvalue weighted by Crippen LogP contribution is -2.38. The van der Waals surface area contributed by atoms with Crippen LogP contribution in [0.2, 0.25) is 0 Å². The van der Waals surface area contributed by atoms with E-state index in [2.05, 4.69) is 9.88 Å². The monoisotopic (exact) mass is 275 g/mol. The zero-order valence-corrected chi connectivity index (χ0v) is 11.2. The molecule has 2 aliphatic heterocycles. The van der Waals surface area contributed by atoms with Crippen molar-refractivity contribution in [2.75, 3.05) is 24.5 Å². The van der Waals surface area contributed by atoms with Gasteiger partial charge in [-0.1, -0.05) is 6.07 Å². The number of anilines is 1. The van der Waals surface area contributed by atoms with Crippen LogP contribution in [0.15, 0.2) is 18.2 Å². The van der Waals surface area contributed by atoms with E-state index in [0.717, 1.165) is 32.5 Å². The summed E-state index contributed by atoms with van der Waals surface area (Å²) < 4.78 is 0. The lowest BCUT2D eigenvalue weighted by molar-refractivity contribution is -0.129. The van der Waals surface area contributed by atoms with E-state index < -0.39 is 5.97 Å². The average Bonchev–Trinajstić information content (AvgIpc) is 3.07. The van der Waals surface area contributed by atoms with Gasteiger partial charge >= 0.3 is 5.97 Å². The number of aromatic nitrogens is 1. The predicted molar refractivity (Wildman–Crippen MR) is 72.8 cm³/mol. The molecular weight excluding hydrogens is 258 g/mol. The Kier molecular flexibility index (Phi) is 3.30. The quantitative estimate of drug-likeness (QED) is 0.890. The van der Waals surface area contributed by atoms with Crippen LogP contribution < -0.4 is 4.90 Å². The highest BCUT2D eigenvalue weighted by atomic mass is 16.4. The summed E-state index contributed by atoms with van der Waals surface area (Å²) in [5.41, 5.74) is 0.0585. The lowest BCUT2D eigenvalue weighted by atomic mass is 10.2. The molecule has 0 radical (unpaired) electrons. The second-order valence-corrected chi connectivity index (χ2v) is 5.27. The molecule has 2 saturated heterocycles. The molecule has 0 aromatic carbocycles. The highest BCUT2D eigenvalue weighted by Gasteiger charge is 2.33. The van der Waals surface area contributed by atoms with Gasteiger partial charge in [-0.15, -0.1) is 0 Å². The van der Waals surface area contributed by atoms with Crippen LogP contribution in [0.3, 0.4) is 0 Å². The van der Waals surface area contributed by atoms with Crippen molar-refractivity contribution < 1.29 is 14.7 Å². The normalized spacial score (nSPS) is 22.6. The lowest BCUT2D eigenvalue weighted by Gasteiger charge is -2.24. The molecule has 1 atom stereocenters. The van der Waals surface area contributed by atoms with Crippen LogP contribution in [0.5, 0.6) is 0 Å². The average molecular weight is 275 g/mol. The van der Waals surface area contributed by atoms with Crippen LogP contribution in [0.25, 0.3) is 0 Å². The molecule has 6 heteroatoms. The van der Waals surface area contributed by atoms with Crippen molar-refractivity contribution in [3.63, 3.8) is 0 Å². The zero-order valence-electron chi connectivity index (χ0n) is 11.2. The number of aromatic carboxylic acids is 1. The van der Waals surface area contributed by atoms with Gasteiger partial charge in [0, 0.05) is 26.1 Å². The summed E-state index contributed by atoms with van der Waals surface area (Å²) in [5, 5.41) is 8.98. The first-order valence-corrected chi connectivity index (χ1v) is 6.90. The number of carboxylic acid groups (broad SMARTS) is 1. The van der Waals surface area contributed by atoms with Gasteiger partial charge in [0.1, 0.15) is 5.82 Å². The third kappa shape index (κ3) is 2.33. The van der Waals surface area contributed by atoms with Gasteiger partial charge in [-0.2, -0.15) is 0 Å². The molecule has 1 amide bonds. The molecule has 2 fully saturated rings. The Hall–Kier alpha value is -2.11. The van der Waals surface area contributed by atoms with E-state index in [1.807, 2.05) is 11.0 Å². The summed E-state index contributed by atoms with van der Waals surface area (Å²) in [7, 11) is 0. The van der Waals surface area contributed by atoms with Gasteiger partial charge in [0.2, 0.25) is 5.91 Å². The number of amides is 1. The van der Waals surface area contributed by atoms with Gasteiger partial charge in [-0.3, -0.25) is 4.79 Å². The molecule has 1 N–H and O–H groups in total. The third-order valence-corrected chi connectivity index (χ3v) is 3.99. The fourth-order valence-electron chi connectivity index (χ4n) is 2.98. The van der Waals surface area contributed by atoms with Gasteiger partial charge in [-0.05, 0) is 25.0 Å². The predicted octanol–water partition coefficient (Wildman–Crippen LogP) is 0.981. The van der Waals surface area contributed by atoms with Crippen LogP contribution >= 0.6 is 0 Å². The van der Waals surface area contributed by atoms with Crippen molar-refractivity contribution >= 4 is 17.7 Å². The molecule has 1 aromatic heterocycles. The fraction of sp³-hybridized carbons (Fsp3) is 0.500. The summed E-state index contributed by atoms with van der Waals surface area (Å²) in [6.45, 7) is 2.40. The second kappa shape index (κ2) is 5.11. The Morgan fingerprint density at radius 1 is 1.35 bits per heavy atom. The van der Waals surface area contributed by atoms with E-state index >= 15 is 0 Å². The van der Waals surface area contributed by atoms with Crippen molar-refractivity contribution in [1.82, 2.24) is 9.88 Å². The highest BCUT2D eigenvalue weighted by molar-refractivity contribution is 5.85. The molecule has 0 saturated carbocycles. The summed E-state index contributed by atoms with van der Waals surface area (Å²) in [6, 6.07) is 5.25. The topological polar surface area (TPSA) is 73.7 Å². The molecule has 1 unspecified atom stereocenters. The summed E-state index contributed by atoms with van der Waals surface area (Å²) in [5.74, 6) is -0.0968. The maximum Gasteiger partial charge on any atom is 0.354 e. The largest absolute Gasteiger partial charge is 0.477 e. The number of carbonyl (C=O) groups excluding carboxylic acids is 1. The highest BCUT2D eigenvalue weighted by Crippen LogP contribution is 2.24. The minimum Gasteiger partial charge on any atom is -0.477 e. The number of nitrogens with zero attached hydrogens (tertiary/aromatic N) is 3. The third-order valence-electron chi connectivity index (χ3n) is 3.99. The molecule has 0 bridgehead atoms. The van der Waals surface area contributed by atoms with Crippen LogP contribution in [0.4, 0.5) is 5.82 Å². The van der Waals surface area contributed by atoms with E-state index in [1.54, 1.807) is 6.07 Å². The Labute approximate surface area is 117 Å². The molecule has 3 heterocycles. The van der Waals surface area contributed by atoms with E-state index in [9.17, 15) is 9.59 Å². The molecule has 2 aliphatic rings. The van der Waals surface area contributed by atoms with Crippen molar-refractivity contribution in [2.45, 2.75) is 25.3 Å². The maximum absolute atomic E-state index is 11.8. The van der Waals surface area contributed by atoms with Gasteiger partial charge in [0.15, 0.2) is 5.69 Å². The van der Waals surface area contributed by atoms with Gasteiger partial charge in [-0.25, -0.2) is 9.78 Å². The molecule has 1 aromatic rings. The Morgan fingerprint density at radius 3 is 2.90 bits per heavy atom. The zero-order chi connectivity index (χ0) is 14.1. The number of likely N-dealkylation sites (tertiary alicyclic amines) is 1. The van der Waals surface area contributed by atoms with Crippen molar-refractivity contribution in [3.05, 3.63) is 23.9 Å². The minimum absolute atomic E-state index is 0.0585. The maximum atomic E-state index is 11.8. The van der Waals surface area contributed by atoms with Crippen LogP contribution in [-0.4, -0.2) is 52.5 Å². The van der Waals surface area contributed by atoms with Crippen LogP contribution in [0.1, 0.15) is 29.8 Å². The van der Waals surface area contributed by atoms with Gasteiger partial charge < -0.3 is 14.9 Å². The number of carbonyl (C=O) groups is 2. The van der Waals surface area contributed by atoms with Crippen LogP contribution in [0, 0.1) is 0 Å². The van der Waals surface area contributed by atoms with E-state index in [-0.39, 0.29) is 17.6 Å². The van der Waals surface area contributed by atoms with Crippen molar-refractivity contribution in [1.29, 1.82) is 0 Å². The van der Waals surface area contributed by atoms with Gasteiger partial charge in [0.25, 0.3) is 0 Å². The molecular formula is C14H17N3O3. The number of carboxylic acids is 1. The Morgan fingerprint density at radius 2 is 2.20 bits per heavy atom. The smallest absolute Gasteiger partial charge is 0.354 e. The van der Waals surface area contributed by atoms with E-state index in [1.165, 1.54) is 6.07 Å². The molecule has 0 spiro atoms. The summed E-state index contributed by atoms with van der Waals surface area (Å²) in [4.78, 5) is 30.9. The number of hydrogen-bond donors (Lipinski definition) is 1. The molecule has 20 heavy (non-hydrogen) atoms. The van der Waals surface area contributed by atoms with Crippen LogP contribution in [-0.2, 0) is 4.79 Å². The Bertz CT molecular complexity index is 546. The summed E-state index contributed by atoms with van der Waals surface area (Å²) >= 11 is 0. The standard InChI is InChI=1S/C14H17N3O3/c18-13-5-2-7-17(13)10-6-8-16(9-10)12-4-1-3-11(15-12)14(19)20/h1,3-4,10H,2,5-9H2,(H,19,20). The first-order chi connectivity index (χ1) is 9.65. The molecule has 106 valence electrons. The number of rotatable bonds is 3. The summed E-state index contributed by atoms with van der Waals surface area (Å²) in [6.07, 6.45) is 2.52. The number of pyridine rings is 1. The molecule has 6 nitrogen and oxygen atoms in total. The number of hydrogen-bond acceptors (Lipinski definition) is 4. The van der Waals surface area contributed by atoms with Crippen molar-refractivity contribution in [2.24, 2.45) is 0 Å². The second-order valence-electron chi connectivity index (χ2n) is 5.27. The fourth-order valence-corrected chi connectivity index (χ4v) is 2.98. The minimum atomic E-state index is -1.02. The van der Waals surface area contributed by atoms with Crippen molar-refractivity contribution in [3.8, 4) is 0 Å². The first kappa shape index (κ1) is 12.9. The molecule has 0 aliphatic carbocycles. The Balaban J connectivity index is 1.72. The van der Waals surface area contributed by atoms with Gasteiger partial charge in [0.05, 0.1) is 6.04 Å². The van der Waals surface area contributed by atoms with E-state index in [4.69, 9.17) is 5.11 Å². The SMILES string of the molecule is O=C(O)c1cccc(N2CCC(N3CCCC3=O)C2)n1.